The third-order valence-corrected chi connectivity index (χ3v) is 3.95. The number of rotatable bonds is 3. The van der Waals surface area contributed by atoms with Crippen molar-refractivity contribution >= 4 is 5.97 Å². The van der Waals surface area contributed by atoms with Gasteiger partial charge in [-0.2, -0.15) is 0 Å². The maximum absolute atomic E-state index is 12.1. The van der Waals surface area contributed by atoms with Crippen LogP contribution in [-0.4, -0.2) is 53.5 Å². The minimum atomic E-state index is -1.98. The first kappa shape index (κ1) is 13.5. The van der Waals surface area contributed by atoms with Crippen molar-refractivity contribution in [3.8, 4) is 0 Å². The predicted molar refractivity (Wildman–Crippen MR) is 66.7 cm³/mol. The number of benzene rings is 1. The van der Waals surface area contributed by atoms with Crippen LogP contribution in [0.2, 0.25) is 0 Å². The SMILES string of the molecule is CO[C@]12OC[C@H](O)[C@H]1OC(=O)[C@@]2(O)Cc1ccccc1. The van der Waals surface area contributed by atoms with Crippen LogP contribution in [0.15, 0.2) is 30.3 Å². The van der Waals surface area contributed by atoms with Gasteiger partial charge in [-0.25, -0.2) is 4.79 Å². The zero-order valence-corrected chi connectivity index (χ0v) is 11.0. The summed E-state index contributed by atoms with van der Waals surface area (Å²) in [6, 6.07) is 9.02. The van der Waals surface area contributed by atoms with Gasteiger partial charge in [0.2, 0.25) is 11.4 Å². The van der Waals surface area contributed by atoms with Gasteiger partial charge in [-0.15, -0.1) is 0 Å². The van der Waals surface area contributed by atoms with Gasteiger partial charge in [-0.05, 0) is 5.56 Å². The molecule has 2 aliphatic rings. The molecule has 0 bridgehead atoms. The molecule has 108 valence electrons. The number of hydrogen-bond donors (Lipinski definition) is 2. The van der Waals surface area contributed by atoms with E-state index in [2.05, 4.69) is 0 Å². The van der Waals surface area contributed by atoms with Crippen LogP contribution in [-0.2, 0) is 25.4 Å². The summed E-state index contributed by atoms with van der Waals surface area (Å²) < 4.78 is 15.8. The highest BCUT2D eigenvalue weighted by Crippen LogP contribution is 2.46. The van der Waals surface area contributed by atoms with E-state index in [1.165, 1.54) is 7.11 Å². The highest BCUT2D eigenvalue weighted by molar-refractivity contribution is 5.84. The number of carbonyl (C=O) groups is 1. The molecule has 2 N–H and O–H groups in total. The molecular formula is C14H16O6. The van der Waals surface area contributed by atoms with Gasteiger partial charge in [0.05, 0.1) is 6.61 Å². The fourth-order valence-corrected chi connectivity index (χ4v) is 2.93. The van der Waals surface area contributed by atoms with Crippen LogP contribution in [0.1, 0.15) is 5.56 Å². The van der Waals surface area contributed by atoms with E-state index in [1.807, 2.05) is 6.07 Å². The van der Waals surface area contributed by atoms with E-state index in [9.17, 15) is 15.0 Å². The molecule has 0 spiro atoms. The normalized spacial score (nSPS) is 39.6. The average molecular weight is 280 g/mol. The predicted octanol–water partition coefficient (Wildman–Crippen LogP) is -0.381. The van der Waals surface area contributed by atoms with Gasteiger partial charge in [0, 0.05) is 13.5 Å². The van der Waals surface area contributed by atoms with Crippen LogP contribution in [0.4, 0.5) is 0 Å². The molecule has 3 rings (SSSR count). The summed E-state index contributed by atoms with van der Waals surface area (Å²) in [7, 11) is 1.32. The zero-order chi connectivity index (χ0) is 14.4. The lowest BCUT2D eigenvalue weighted by molar-refractivity contribution is -0.276. The Morgan fingerprint density at radius 1 is 1.40 bits per heavy atom. The van der Waals surface area contributed by atoms with Gasteiger partial charge in [-0.1, -0.05) is 30.3 Å². The maximum Gasteiger partial charge on any atom is 0.345 e. The second kappa shape index (κ2) is 4.53. The van der Waals surface area contributed by atoms with Crippen LogP contribution in [0.25, 0.3) is 0 Å². The molecule has 0 unspecified atom stereocenters. The first-order chi connectivity index (χ1) is 9.53. The standard InChI is InChI=1S/C14H16O6/c1-18-14-11(10(15)8-19-14)20-12(16)13(14,17)7-9-5-3-2-4-6-9/h2-6,10-11,15,17H,7-8H2,1H3/t10-,11+,13-,14-/m0/s1. The number of hydrogen-bond acceptors (Lipinski definition) is 6. The van der Waals surface area contributed by atoms with Crippen molar-refractivity contribution in [1.29, 1.82) is 0 Å². The van der Waals surface area contributed by atoms with Crippen LogP contribution < -0.4 is 0 Å². The number of aliphatic hydroxyl groups excluding tert-OH is 1. The van der Waals surface area contributed by atoms with E-state index in [0.717, 1.165) is 5.56 Å². The lowest BCUT2D eigenvalue weighted by Gasteiger charge is -2.35. The Morgan fingerprint density at radius 2 is 2.10 bits per heavy atom. The van der Waals surface area contributed by atoms with E-state index < -0.39 is 29.6 Å². The highest BCUT2D eigenvalue weighted by atomic mass is 16.8. The van der Waals surface area contributed by atoms with Gasteiger partial charge >= 0.3 is 5.97 Å². The van der Waals surface area contributed by atoms with E-state index in [-0.39, 0.29) is 13.0 Å². The Morgan fingerprint density at radius 3 is 2.75 bits per heavy atom. The van der Waals surface area contributed by atoms with Gasteiger partial charge in [0.25, 0.3) is 0 Å². The fourth-order valence-electron chi connectivity index (χ4n) is 2.93. The average Bonchev–Trinajstić information content (AvgIpc) is 2.88. The van der Waals surface area contributed by atoms with Crippen LogP contribution in [0, 0.1) is 0 Å². The third-order valence-electron chi connectivity index (χ3n) is 3.95. The summed E-state index contributed by atoms with van der Waals surface area (Å²) in [4.78, 5) is 12.1. The molecule has 2 aliphatic heterocycles. The number of carbonyl (C=O) groups excluding carboxylic acids is 1. The fraction of sp³-hybridized carbons (Fsp3) is 0.500. The molecule has 0 radical (unpaired) electrons. The quantitative estimate of drug-likeness (QED) is 0.734. The third kappa shape index (κ3) is 1.63. The van der Waals surface area contributed by atoms with E-state index >= 15 is 0 Å². The summed E-state index contributed by atoms with van der Waals surface area (Å²) in [5.74, 6) is -2.51. The molecular weight excluding hydrogens is 264 g/mol. The molecule has 2 fully saturated rings. The van der Waals surface area contributed by atoms with Crippen molar-refractivity contribution in [3.05, 3.63) is 35.9 Å². The summed E-state index contributed by atoms with van der Waals surface area (Å²) in [6.45, 7) is -0.0527. The molecule has 6 nitrogen and oxygen atoms in total. The molecule has 1 aromatic carbocycles. The molecule has 6 heteroatoms. The Balaban J connectivity index is 1.99. The van der Waals surface area contributed by atoms with Crippen molar-refractivity contribution in [1.82, 2.24) is 0 Å². The number of fused-ring (bicyclic) bond motifs is 1. The first-order valence-electron chi connectivity index (χ1n) is 6.38. The monoisotopic (exact) mass is 280 g/mol. The molecule has 4 atom stereocenters. The van der Waals surface area contributed by atoms with Crippen molar-refractivity contribution in [2.45, 2.75) is 30.0 Å². The minimum absolute atomic E-state index is 0.0102. The minimum Gasteiger partial charge on any atom is -0.451 e. The van der Waals surface area contributed by atoms with Crippen LogP contribution >= 0.6 is 0 Å². The summed E-state index contributed by atoms with van der Waals surface area (Å²) in [5, 5.41) is 20.6. The Hall–Kier alpha value is -1.47. The number of esters is 1. The Labute approximate surface area is 115 Å². The summed E-state index contributed by atoms with van der Waals surface area (Å²) in [5.41, 5.74) is -1.24. The number of ether oxygens (including phenoxy) is 3. The van der Waals surface area contributed by atoms with Crippen molar-refractivity contribution in [2.24, 2.45) is 0 Å². The highest BCUT2D eigenvalue weighted by Gasteiger charge is 2.74. The molecule has 2 heterocycles. The number of methoxy groups -OCH3 is 1. The molecule has 1 aromatic rings. The molecule has 0 saturated carbocycles. The van der Waals surface area contributed by atoms with Crippen molar-refractivity contribution in [2.75, 3.05) is 13.7 Å². The molecule has 20 heavy (non-hydrogen) atoms. The summed E-state index contributed by atoms with van der Waals surface area (Å²) in [6.07, 6.45) is -2.04. The van der Waals surface area contributed by atoms with Crippen LogP contribution in [0.5, 0.6) is 0 Å². The van der Waals surface area contributed by atoms with E-state index in [4.69, 9.17) is 14.2 Å². The van der Waals surface area contributed by atoms with Crippen LogP contribution in [0.3, 0.4) is 0 Å². The maximum atomic E-state index is 12.1. The topological polar surface area (TPSA) is 85.2 Å². The Bertz CT molecular complexity index is 518. The molecule has 0 aliphatic carbocycles. The Kier molecular flexibility index (Phi) is 3.06. The van der Waals surface area contributed by atoms with Crippen molar-refractivity contribution in [3.63, 3.8) is 0 Å². The number of aliphatic hydroxyl groups is 2. The lowest BCUT2D eigenvalue weighted by Crippen LogP contribution is -2.60. The molecule has 0 aromatic heterocycles. The zero-order valence-electron chi connectivity index (χ0n) is 11.0. The van der Waals surface area contributed by atoms with Gasteiger partial charge in [-0.3, -0.25) is 0 Å². The molecule has 0 amide bonds. The second-order valence-electron chi connectivity index (χ2n) is 5.10. The summed E-state index contributed by atoms with van der Waals surface area (Å²) >= 11 is 0. The van der Waals surface area contributed by atoms with Gasteiger partial charge < -0.3 is 24.4 Å². The second-order valence-corrected chi connectivity index (χ2v) is 5.10. The van der Waals surface area contributed by atoms with Gasteiger partial charge in [0.15, 0.2) is 6.10 Å². The molecule has 2 saturated heterocycles. The first-order valence-corrected chi connectivity index (χ1v) is 6.38. The van der Waals surface area contributed by atoms with E-state index in [0.29, 0.717) is 0 Å². The largest absolute Gasteiger partial charge is 0.451 e. The van der Waals surface area contributed by atoms with Crippen molar-refractivity contribution < 1.29 is 29.2 Å². The van der Waals surface area contributed by atoms with E-state index in [1.54, 1.807) is 24.3 Å². The lowest BCUT2D eigenvalue weighted by atomic mass is 9.85. The van der Waals surface area contributed by atoms with Gasteiger partial charge in [0.1, 0.15) is 6.10 Å². The smallest absolute Gasteiger partial charge is 0.345 e.